The van der Waals surface area contributed by atoms with Gasteiger partial charge in [-0.3, -0.25) is 0 Å². The Morgan fingerprint density at radius 1 is 0.833 bits per heavy atom. The monoisotopic (exact) mass is 460 g/mol. The third-order valence-electron chi connectivity index (χ3n) is 3.76. The largest absolute Gasteiger partial charge is 0.423 e. The van der Waals surface area contributed by atoms with E-state index in [4.69, 9.17) is 4.74 Å². The van der Waals surface area contributed by atoms with Crippen LogP contribution in [-0.2, 0) is 0 Å². The minimum absolute atomic E-state index is 0.371. The van der Waals surface area contributed by atoms with Gasteiger partial charge in [0.1, 0.15) is 5.75 Å². The summed E-state index contributed by atoms with van der Waals surface area (Å²) in [6.45, 7) is 0. The van der Waals surface area contributed by atoms with Crippen molar-refractivity contribution < 1.29 is 9.53 Å². The van der Waals surface area contributed by atoms with Crippen LogP contribution in [0.3, 0.4) is 0 Å². The quantitative estimate of drug-likeness (QED) is 0.186. The lowest BCUT2D eigenvalue weighted by Gasteiger charge is -2.06. The SMILES string of the molecule is O=C(Oc1ccc2cc3ccccc3cc2c1)c1cc(Br)sc1Br. The Morgan fingerprint density at radius 2 is 1.50 bits per heavy atom. The number of hydrogen-bond acceptors (Lipinski definition) is 3. The number of esters is 1. The predicted molar refractivity (Wildman–Crippen MR) is 106 cm³/mol. The maximum absolute atomic E-state index is 12.3. The van der Waals surface area contributed by atoms with Crippen LogP contribution < -0.4 is 4.74 Å². The molecule has 3 aromatic carbocycles. The van der Waals surface area contributed by atoms with Gasteiger partial charge in [-0.1, -0.05) is 30.3 Å². The molecular formula is C19H10Br2O2S. The number of rotatable bonds is 2. The highest BCUT2D eigenvalue weighted by Crippen LogP contribution is 2.33. The molecule has 0 atom stereocenters. The number of benzene rings is 3. The average Bonchev–Trinajstić information content (AvgIpc) is 2.91. The van der Waals surface area contributed by atoms with Gasteiger partial charge in [0.2, 0.25) is 0 Å². The van der Waals surface area contributed by atoms with E-state index in [9.17, 15) is 4.79 Å². The van der Waals surface area contributed by atoms with E-state index in [1.807, 2.05) is 30.3 Å². The first kappa shape index (κ1) is 15.8. The normalized spacial score (nSPS) is 11.1. The van der Waals surface area contributed by atoms with Gasteiger partial charge in [-0.2, -0.15) is 0 Å². The molecule has 0 saturated carbocycles. The highest BCUT2D eigenvalue weighted by atomic mass is 79.9. The van der Waals surface area contributed by atoms with Crippen LogP contribution in [0.4, 0.5) is 0 Å². The van der Waals surface area contributed by atoms with Crippen molar-refractivity contribution in [1.29, 1.82) is 0 Å². The average molecular weight is 462 g/mol. The van der Waals surface area contributed by atoms with Crippen LogP contribution in [0.25, 0.3) is 21.5 Å². The maximum Gasteiger partial charge on any atom is 0.345 e. The zero-order chi connectivity index (χ0) is 16.7. The molecule has 0 aliphatic carbocycles. The lowest BCUT2D eigenvalue weighted by molar-refractivity contribution is 0.0734. The van der Waals surface area contributed by atoms with Gasteiger partial charge >= 0.3 is 5.97 Å². The number of carbonyl (C=O) groups excluding carboxylic acids is 1. The van der Waals surface area contributed by atoms with Gasteiger partial charge in [-0.05, 0) is 83.7 Å². The van der Waals surface area contributed by atoms with Gasteiger partial charge in [-0.25, -0.2) is 4.79 Å². The van der Waals surface area contributed by atoms with Crippen LogP contribution >= 0.6 is 43.2 Å². The lowest BCUT2D eigenvalue weighted by Crippen LogP contribution is -2.07. The second-order valence-electron chi connectivity index (χ2n) is 5.34. The van der Waals surface area contributed by atoms with Gasteiger partial charge in [0.15, 0.2) is 0 Å². The third kappa shape index (κ3) is 2.99. The second-order valence-corrected chi connectivity index (χ2v) is 9.09. The molecular weight excluding hydrogens is 452 g/mol. The van der Waals surface area contributed by atoms with E-state index >= 15 is 0 Å². The van der Waals surface area contributed by atoms with Crippen LogP contribution in [0.15, 0.2) is 68.2 Å². The zero-order valence-electron chi connectivity index (χ0n) is 12.3. The van der Waals surface area contributed by atoms with Crippen molar-refractivity contribution in [1.82, 2.24) is 0 Å². The molecule has 0 unspecified atom stereocenters. The molecule has 4 rings (SSSR count). The van der Waals surface area contributed by atoms with Crippen molar-refractivity contribution in [3.8, 4) is 5.75 Å². The highest BCUT2D eigenvalue weighted by molar-refractivity contribution is 9.12. The first-order chi connectivity index (χ1) is 11.6. The summed E-state index contributed by atoms with van der Waals surface area (Å²) in [6, 6.07) is 19.9. The Balaban J connectivity index is 1.70. The van der Waals surface area contributed by atoms with Gasteiger partial charge in [0.05, 0.1) is 13.1 Å². The summed E-state index contributed by atoms with van der Waals surface area (Å²) in [5.74, 6) is 0.168. The molecule has 0 N–H and O–H groups in total. The molecule has 4 aromatic rings. The molecule has 5 heteroatoms. The van der Waals surface area contributed by atoms with Gasteiger partial charge < -0.3 is 4.74 Å². The predicted octanol–water partition coefficient (Wildman–Crippen LogP) is 6.80. The Hall–Kier alpha value is -1.69. The van der Waals surface area contributed by atoms with E-state index < -0.39 is 0 Å². The fourth-order valence-corrected chi connectivity index (χ4v) is 5.39. The van der Waals surface area contributed by atoms with Gasteiger partial charge in [-0.15, -0.1) is 11.3 Å². The number of ether oxygens (including phenoxy) is 1. The Labute approximate surface area is 159 Å². The molecule has 118 valence electrons. The summed E-state index contributed by atoms with van der Waals surface area (Å²) in [6.07, 6.45) is 0. The Morgan fingerprint density at radius 3 is 2.17 bits per heavy atom. The summed E-state index contributed by atoms with van der Waals surface area (Å²) < 4.78 is 7.17. The van der Waals surface area contributed by atoms with Crippen LogP contribution in [-0.4, -0.2) is 5.97 Å². The fourth-order valence-electron chi connectivity index (χ4n) is 2.62. The van der Waals surface area contributed by atoms with Crippen molar-refractivity contribution in [2.45, 2.75) is 0 Å². The molecule has 24 heavy (non-hydrogen) atoms. The Kier molecular flexibility index (Phi) is 4.16. The van der Waals surface area contributed by atoms with Crippen LogP contribution in [0.2, 0.25) is 0 Å². The number of hydrogen-bond donors (Lipinski definition) is 0. The van der Waals surface area contributed by atoms with E-state index in [0.29, 0.717) is 11.3 Å². The molecule has 1 aromatic heterocycles. The van der Waals surface area contributed by atoms with Crippen molar-refractivity contribution in [2.75, 3.05) is 0 Å². The van der Waals surface area contributed by atoms with Crippen LogP contribution in [0.5, 0.6) is 5.75 Å². The fraction of sp³-hybridized carbons (Fsp3) is 0. The zero-order valence-corrected chi connectivity index (χ0v) is 16.2. The van der Waals surface area contributed by atoms with E-state index in [-0.39, 0.29) is 5.97 Å². The number of fused-ring (bicyclic) bond motifs is 2. The molecule has 1 heterocycles. The van der Waals surface area contributed by atoms with Crippen molar-refractivity contribution in [3.05, 3.63) is 73.8 Å². The third-order valence-corrected chi connectivity index (χ3v) is 6.10. The number of carbonyl (C=O) groups is 1. The summed E-state index contributed by atoms with van der Waals surface area (Å²) >= 11 is 8.20. The molecule has 2 nitrogen and oxygen atoms in total. The van der Waals surface area contributed by atoms with Crippen LogP contribution in [0, 0.1) is 0 Å². The van der Waals surface area contributed by atoms with Crippen molar-refractivity contribution in [3.63, 3.8) is 0 Å². The summed E-state index contributed by atoms with van der Waals surface area (Å²) in [4.78, 5) is 12.3. The minimum atomic E-state index is -0.371. The molecule has 0 bridgehead atoms. The smallest absolute Gasteiger partial charge is 0.345 e. The maximum atomic E-state index is 12.3. The standard InChI is InChI=1S/C19H10Br2O2S/c20-17-10-16(18(21)24-17)19(22)23-15-6-5-13-7-11-3-1-2-4-12(11)8-14(13)9-15/h1-10H. The number of thiophene rings is 1. The van der Waals surface area contributed by atoms with E-state index in [1.165, 1.54) is 16.7 Å². The molecule has 0 radical (unpaired) electrons. The summed E-state index contributed by atoms with van der Waals surface area (Å²) in [7, 11) is 0. The van der Waals surface area contributed by atoms with E-state index in [1.54, 1.807) is 6.07 Å². The topological polar surface area (TPSA) is 26.3 Å². The molecule has 0 aliphatic heterocycles. The summed E-state index contributed by atoms with van der Waals surface area (Å²) in [5.41, 5.74) is 0.519. The molecule has 0 amide bonds. The molecule has 0 aliphatic rings. The highest BCUT2D eigenvalue weighted by Gasteiger charge is 2.16. The minimum Gasteiger partial charge on any atom is -0.423 e. The van der Waals surface area contributed by atoms with E-state index in [2.05, 4.69) is 56.1 Å². The van der Waals surface area contributed by atoms with E-state index in [0.717, 1.165) is 23.7 Å². The van der Waals surface area contributed by atoms with Gasteiger partial charge in [0, 0.05) is 0 Å². The summed E-state index contributed by atoms with van der Waals surface area (Å²) in [5, 5.41) is 4.53. The van der Waals surface area contributed by atoms with Crippen LogP contribution in [0.1, 0.15) is 10.4 Å². The van der Waals surface area contributed by atoms with Gasteiger partial charge in [0.25, 0.3) is 0 Å². The molecule has 0 spiro atoms. The molecule has 0 saturated heterocycles. The number of halogens is 2. The molecule has 0 fully saturated rings. The van der Waals surface area contributed by atoms with Crippen molar-refractivity contribution in [2.24, 2.45) is 0 Å². The second kappa shape index (κ2) is 6.31. The first-order valence-corrected chi connectivity index (χ1v) is 9.60. The lowest BCUT2D eigenvalue weighted by atomic mass is 10.0. The van der Waals surface area contributed by atoms with Crippen molar-refractivity contribution >= 4 is 70.7 Å². The first-order valence-electron chi connectivity index (χ1n) is 7.20. The Bertz CT molecular complexity index is 1090.